The molecule has 0 fully saturated rings. The fourth-order valence-corrected chi connectivity index (χ4v) is 1.70. The van der Waals surface area contributed by atoms with Crippen LogP contribution in [0.4, 0.5) is 0 Å². The van der Waals surface area contributed by atoms with Gasteiger partial charge in [0.15, 0.2) is 11.5 Å². The molecule has 0 saturated heterocycles. The Morgan fingerprint density at radius 3 is 2.83 bits per heavy atom. The topological polar surface area (TPSA) is 30.5 Å². The third kappa shape index (κ3) is 4.31. The first-order valence-electron chi connectivity index (χ1n) is 6.22. The van der Waals surface area contributed by atoms with Crippen LogP contribution in [-0.4, -0.2) is 20.3 Å². The molecule has 0 bridgehead atoms. The Kier molecular flexibility index (Phi) is 6.75. The predicted molar refractivity (Wildman–Crippen MR) is 73.9 cm³/mol. The molecule has 0 aliphatic carbocycles. The van der Waals surface area contributed by atoms with Crippen LogP contribution in [0, 0.1) is 11.8 Å². The molecular weight excluding hydrogens is 226 g/mol. The van der Waals surface area contributed by atoms with Crippen molar-refractivity contribution in [3.05, 3.63) is 23.8 Å². The van der Waals surface area contributed by atoms with Gasteiger partial charge in [0, 0.05) is 25.1 Å². The SMILES string of the molecule is CC#CCCNCc1cccc(OCC)c1OC. The molecule has 3 heteroatoms. The Bertz CT molecular complexity index is 418. The Morgan fingerprint density at radius 1 is 1.33 bits per heavy atom. The average molecular weight is 247 g/mol. The molecule has 3 nitrogen and oxygen atoms in total. The van der Waals surface area contributed by atoms with Crippen LogP contribution >= 0.6 is 0 Å². The Labute approximate surface area is 109 Å². The number of para-hydroxylation sites is 1. The Balaban J connectivity index is 2.62. The van der Waals surface area contributed by atoms with Crippen molar-refractivity contribution in [3.63, 3.8) is 0 Å². The molecule has 0 radical (unpaired) electrons. The van der Waals surface area contributed by atoms with E-state index in [0.29, 0.717) is 6.61 Å². The summed E-state index contributed by atoms with van der Waals surface area (Å²) in [4.78, 5) is 0. The molecule has 1 aromatic rings. The lowest BCUT2D eigenvalue weighted by atomic mass is 10.2. The van der Waals surface area contributed by atoms with Gasteiger partial charge in [-0.2, -0.15) is 0 Å². The molecule has 0 unspecified atom stereocenters. The third-order valence-electron chi connectivity index (χ3n) is 2.48. The quantitative estimate of drug-likeness (QED) is 0.593. The van der Waals surface area contributed by atoms with Gasteiger partial charge in [0.25, 0.3) is 0 Å². The van der Waals surface area contributed by atoms with Crippen LogP contribution in [-0.2, 0) is 6.54 Å². The van der Waals surface area contributed by atoms with E-state index in [0.717, 1.165) is 36.6 Å². The van der Waals surface area contributed by atoms with Crippen LogP contribution in [0.15, 0.2) is 18.2 Å². The van der Waals surface area contributed by atoms with Gasteiger partial charge in [-0.25, -0.2) is 0 Å². The number of rotatable bonds is 7. The summed E-state index contributed by atoms with van der Waals surface area (Å²) in [6.45, 7) is 6.10. The first kappa shape index (κ1) is 14.4. The van der Waals surface area contributed by atoms with E-state index in [9.17, 15) is 0 Å². The van der Waals surface area contributed by atoms with Crippen LogP contribution in [0.25, 0.3) is 0 Å². The van der Waals surface area contributed by atoms with Crippen LogP contribution in [0.1, 0.15) is 25.8 Å². The van der Waals surface area contributed by atoms with Crippen molar-refractivity contribution < 1.29 is 9.47 Å². The van der Waals surface area contributed by atoms with E-state index in [1.165, 1.54) is 0 Å². The van der Waals surface area contributed by atoms with E-state index in [2.05, 4.69) is 17.2 Å². The average Bonchev–Trinajstić information content (AvgIpc) is 2.39. The van der Waals surface area contributed by atoms with Gasteiger partial charge in [-0.05, 0) is 19.9 Å². The standard InChI is InChI=1S/C15H21NO2/c1-4-6-7-11-16-12-13-9-8-10-14(18-5-2)15(13)17-3/h8-10,16H,5,7,11-12H2,1-3H3. The molecule has 1 aromatic carbocycles. The molecule has 0 amide bonds. The van der Waals surface area contributed by atoms with Gasteiger partial charge in [-0.3, -0.25) is 0 Å². The zero-order valence-electron chi connectivity index (χ0n) is 11.4. The van der Waals surface area contributed by atoms with Crippen molar-refractivity contribution in [2.24, 2.45) is 0 Å². The van der Waals surface area contributed by atoms with E-state index < -0.39 is 0 Å². The van der Waals surface area contributed by atoms with Crippen molar-refractivity contribution in [2.75, 3.05) is 20.3 Å². The van der Waals surface area contributed by atoms with Crippen molar-refractivity contribution in [3.8, 4) is 23.3 Å². The van der Waals surface area contributed by atoms with E-state index in [4.69, 9.17) is 9.47 Å². The van der Waals surface area contributed by atoms with Gasteiger partial charge in [0.2, 0.25) is 0 Å². The smallest absolute Gasteiger partial charge is 0.165 e. The second-order valence-corrected chi connectivity index (χ2v) is 3.74. The van der Waals surface area contributed by atoms with Gasteiger partial charge in [-0.1, -0.05) is 12.1 Å². The molecule has 0 aliphatic heterocycles. The van der Waals surface area contributed by atoms with Crippen LogP contribution < -0.4 is 14.8 Å². The minimum Gasteiger partial charge on any atom is -0.493 e. The third-order valence-corrected chi connectivity index (χ3v) is 2.48. The largest absolute Gasteiger partial charge is 0.493 e. The van der Waals surface area contributed by atoms with Gasteiger partial charge in [0.1, 0.15) is 0 Å². The van der Waals surface area contributed by atoms with Crippen molar-refractivity contribution in [2.45, 2.75) is 26.8 Å². The van der Waals surface area contributed by atoms with Gasteiger partial charge >= 0.3 is 0 Å². The summed E-state index contributed by atoms with van der Waals surface area (Å²) in [5.41, 5.74) is 1.10. The molecule has 98 valence electrons. The highest BCUT2D eigenvalue weighted by molar-refractivity contribution is 5.46. The highest BCUT2D eigenvalue weighted by atomic mass is 16.5. The Hall–Kier alpha value is -1.66. The summed E-state index contributed by atoms with van der Waals surface area (Å²) < 4.78 is 11.0. The lowest BCUT2D eigenvalue weighted by Crippen LogP contribution is -2.15. The van der Waals surface area contributed by atoms with E-state index in [1.807, 2.05) is 32.0 Å². The predicted octanol–water partition coefficient (Wildman–Crippen LogP) is 2.60. The van der Waals surface area contributed by atoms with Crippen molar-refractivity contribution in [1.29, 1.82) is 0 Å². The molecule has 0 saturated carbocycles. The second-order valence-electron chi connectivity index (χ2n) is 3.74. The molecule has 0 heterocycles. The highest BCUT2D eigenvalue weighted by Crippen LogP contribution is 2.30. The number of ether oxygens (including phenoxy) is 2. The van der Waals surface area contributed by atoms with Gasteiger partial charge in [-0.15, -0.1) is 11.8 Å². The second kappa shape index (κ2) is 8.43. The minimum atomic E-state index is 0.638. The molecule has 0 atom stereocenters. The number of methoxy groups -OCH3 is 1. The molecule has 0 spiro atoms. The highest BCUT2D eigenvalue weighted by Gasteiger charge is 2.08. The summed E-state index contributed by atoms with van der Waals surface area (Å²) >= 11 is 0. The molecule has 1 rings (SSSR count). The van der Waals surface area contributed by atoms with E-state index >= 15 is 0 Å². The lowest BCUT2D eigenvalue weighted by Gasteiger charge is -2.13. The molecule has 18 heavy (non-hydrogen) atoms. The number of nitrogens with one attached hydrogen (secondary N) is 1. The maximum atomic E-state index is 5.54. The van der Waals surface area contributed by atoms with Crippen LogP contribution in [0.5, 0.6) is 11.5 Å². The fourth-order valence-electron chi connectivity index (χ4n) is 1.70. The maximum absolute atomic E-state index is 5.54. The first-order chi connectivity index (χ1) is 8.83. The van der Waals surface area contributed by atoms with E-state index in [-0.39, 0.29) is 0 Å². The zero-order valence-corrected chi connectivity index (χ0v) is 11.4. The Morgan fingerprint density at radius 2 is 2.17 bits per heavy atom. The normalized spacial score (nSPS) is 9.50. The van der Waals surface area contributed by atoms with Gasteiger partial charge < -0.3 is 14.8 Å². The number of hydrogen-bond donors (Lipinski definition) is 1. The summed E-state index contributed by atoms with van der Waals surface area (Å²) in [5, 5.41) is 3.34. The summed E-state index contributed by atoms with van der Waals surface area (Å²) in [5.74, 6) is 7.52. The number of benzene rings is 1. The number of hydrogen-bond acceptors (Lipinski definition) is 3. The lowest BCUT2D eigenvalue weighted by molar-refractivity contribution is 0.308. The zero-order chi connectivity index (χ0) is 13.2. The molecule has 1 N–H and O–H groups in total. The van der Waals surface area contributed by atoms with Gasteiger partial charge in [0.05, 0.1) is 13.7 Å². The molecular formula is C15H21NO2. The molecule has 0 aromatic heterocycles. The van der Waals surface area contributed by atoms with E-state index in [1.54, 1.807) is 7.11 Å². The minimum absolute atomic E-state index is 0.638. The van der Waals surface area contributed by atoms with Crippen LogP contribution in [0.3, 0.4) is 0 Å². The van der Waals surface area contributed by atoms with Crippen LogP contribution in [0.2, 0.25) is 0 Å². The summed E-state index contributed by atoms with van der Waals surface area (Å²) in [7, 11) is 1.67. The van der Waals surface area contributed by atoms with Crippen molar-refractivity contribution >= 4 is 0 Å². The summed E-state index contributed by atoms with van der Waals surface area (Å²) in [6.07, 6.45) is 0.865. The first-order valence-corrected chi connectivity index (χ1v) is 6.22. The summed E-state index contributed by atoms with van der Waals surface area (Å²) in [6, 6.07) is 5.95. The molecule has 0 aliphatic rings. The fraction of sp³-hybridized carbons (Fsp3) is 0.467. The van der Waals surface area contributed by atoms with Crippen molar-refractivity contribution in [1.82, 2.24) is 5.32 Å². The maximum Gasteiger partial charge on any atom is 0.165 e. The monoisotopic (exact) mass is 247 g/mol.